The Kier molecular flexibility index (Phi) is 6.12. The second kappa shape index (κ2) is 8.55. The quantitative estimate of drug-likeness (QED) is 0.711. The molecule has 1 N–H and O–H groups in total. The predicted molar refractivity (Wildman–Crippen MR) is 109 cm³/mol. The van der Waals surface area contributed by atoms with E-state index in [1.807, 2.05) is 36.4 Å². The lowest BCUT2D eigenvalue weighted by Gasteiger charge is -2.38. The van der Waals surface area contributed by atoms with Crippen molar-refractivity contribution in [2.45, 2.75) is 51.7 Å². The van der Waals surface area contributed by atoms with Crippen LogP contribution >= 0.6 is 0 Å². The predicted octanol–water partition coefficient (Wildman–Crippen LogP) is 4.58. The summed E-state index contributed by atoms with van der Waals surface area (Å²) in [5, 5.41) is 3.18. The van der Waals surface area contributed by atoms with E-state index in [0.29, 0.717) is 19.4 Å². The summed E-state index contributed by atoms with van der Waals surface area (Å²) in [5.74, 6) is 2.46. The van der Waals surface area contributed by atoms with Crippen LogP contribution in [0.3, 0.4) is 0 Å². The smallest absolute Gasteiger partial charge is 0.220 e. The molecule has 2 aromatic rings. The van der Waals surface area contributed by atoms with Gasteiger partial charge in [0.25, 0.3) is 0 Å². The summed E-state index contributed by atoms with van der Waals surface area (Å²) in [6, 6.07) is 13.5. The molecule has 0 spiro atoms. The van der Waals surface area contributed by atoms with E-state index in [9.17, 15) is 4.79 Å². The maximum Gasteiger partial charge on any atom is 0.220 e. The van der Waals surface area contributed by atoms with Gasteiger partial charge in [0.15, 0.2) is 0 Å². The van der Waals surface area contributed by atoms with Crippen LogP contribution < -0.4 is 19.5 Å². The van der Waals surface area contributed by atoms with Crippen molar-refractivity contribution in [3.05, 3.63) is 53.6 Å². The van der Waals surface area contributed by atoms with E-state index in [0.717, 1.165) is 34.8 Å². The zero-order valence-electron chi connectivity index (χ0n) is 17.1. The Bertz CT molecular complexity index is 814. The van der Waals surface area contributed by atoms with Gasteiger partial charge in [0.05, 0.1) is 19.8 Å². The molecule has 1 aliphatic rings. The molecule has 0 radical (unpaired) electrons. The number of ether oxygens (including phenoxy) is 3. The maximum atomic E-state index is 12.5. The zero-order valence-corrected chi connectivity index (χ0v) is 17.1. The molecule has 0 unspecified atom stereocenters. The molecule has 0 saturated heterocycles. The Labute approximate surface area is 167 Å². The third kappa shape index (κ3) is 5.18. The summed E-state index contributed by atoms with van der Waals surface area (Å²) >= 11 is 0. The van der Waals surface area contributed by atoms with Gasteiger partial charge in [-0.1, -0.05) is 17.7 Å². The average Bonchev–Trinajstić information content (AvgIpc) is 2.66. The van der Waals surface area contributed by atoms with Crippen LogP contribution in [0, 0.1) is 6.92 Å². The largest absolute Gasteiger partial charge is 0.497 e. The topological polar surface area (TPSA) is 56.8 Å². The molecule has 0 aromatic heterocycles. The molecule has 0 aliphatic carbocycles. The minimum atomic E-state index is -0.308. The summed E-state index contributed by atoms with van der Waals surface area (Å²) in [7, 11) is 1.63. The number of carbonyl (C=O) groups is 1. The number of benzene rings is 2. The van der Waals surface area contributed by atoms with Gasteiger partial charge in [-0.2, -0.15) is 0 Å². The lowest BCUT2D eigenvalue weighted by molar-refractivity contribution is -0.122. The van der Waals surface area contributed by atoms with E-state index in [2.05, 4.69) is 32.2 Å². The number of hydrogen-bond donors (Lipinski definition) is 1. The number of nitrogens with one attached hydrogen (secondary N) is 1. The molecule has 5 nitrogen and oxygen atoms in total. The standard InChI is InChI=1S/C23H29NO4/c1-16-7-12-21-19(14-16)20(15-23(2,3)28-21)24-22(25)6-5-13-27-18-10-8-17(26-4)9-11-18/h7-12,14,20H,5-6,13,15H2,1-4H3,(H,24,25)/t20-/m1/s1. The first-order valence-corrected chi connectivity index (χ1v) is 9.72. The first kappa shape index (κ1) is 20.1. The van der Waals surface area contributed by atoms with Crippen LogP contribution in [0.2, 0.25) is 0 Å². The van der Waals surface area contributed by atoms with Gasteiger partial charge >= 0.3 is 0 Å². The number of rotatable bonds is 7. The van der Waals surface area contributed by atoms with Crippen LogP contribution in [0.15, 0.2) is 42.5 Å². The normalized spacial score (nSPS) is 17.2. The van der Waals surface area contributed by atoms with E-state index in [-0.39, 0.29) is 17.6 Å². The van der Waals surface area contributed by atoms with Crippen LogP contribution in [0.1, 0.15) is 50.3 Å². The number of fused-ring (bicyclic) bond motifs is 1. The highest BCUT2D eigenvalue weighted by molar-refractivity contribution is 5.76. The fourth-order valence-corrected chi connectivity index (χ4v) is 3.46. The lowest BCUT2D eigenvalue weighted by atomic mass is 9.89. The highest BCUT2D eigenvalue weighted by Gasteiger charge is 2.34. The molecule has 150 valence electrons. The molecular weight excluding hydrogens is 354 g/mol. The van der Waals surface area contributed by atoms with Gasteiger partial charge < -0.3 is 19.5 Å². The number of carbonyl (C=O) groups excluding carboxylic acids is 1. The van der Waals surface area contributed by atoms with Crippen LogP contribution in [-0.4, -0.2) is 25.2 Å². The third-order valence-electron chi connectivity index (χ3n) is 4.83. The van der Waals surface area contributed by atoms with Crippen molar-refractivity contribution in [1.29, 1.82) is 0 Å². The first-order chi connectivity index (χ1) is 13.4. The summed E-state index contributed by atoms with van der Waals surface area (Å²) in [4.78, 5) is 12.5. The van der Waals surface area contributed by atoms with Crippen molar-refractivity contribution in [1.82, 2.24) is 5.32 Å². The van der Waals surface area contributed by atoms with Crippen LogP contribution in [-0.2, 0) is 4.79 Å². The monoisotopic (exact) mass is 383 g/mol. The lowest BCUT2D eigenvalue weighted by Crippen LogP contribution is -2.41. The second-order valence-electron chi connectivity index (χ2n) is 7.85. The van der Waals surface area contributed by atoms with E-state index < -0.39 is 0 Å². The molecule has 1 amide bonds. The molecule has 0 fully saturated rings. The zero-order chi connectivity index (χ0) is 20.1. The Balaban J connectivity index is 1.51. The Morgan fingerprint density at radius 1 is 1.18 bits per heavy atom. The fraction of sp³-hybridized carbons (Fsp3) is 0.435. The molecule has 1 aliphatic heterocycles. The van der Waals surface area contributed by atoms with Crippen molar-refractivity contribution in [3.8, 4) is 17.2 Å². The third-order valence-corrected chi connectivity index (χ3v) is 4.83. The molecule has 28 heavy (non-hydrogen) atoms. The first-order valence-electron chi connectivity index (χ1n) is 9.72. The summed E-state index contributed by atoms with van der Waals surface area (Å²) < 4.78 is 16.9. The number of hydrogen-bond acceptors (Lipinski definition) is 4. The highest BCUT2D eigenvalue weighted by atomic mass is 16.5. The molecular formula is C23H29NO4. The molecule has 0 bridgehead atoms. The SMILES string of the molecule is COc1ccc(OCCCC(=O)N[C@@H]2CC(C)(C)Oc3ccc(C)cc32)cc1. The van der Waals surface area contributed by atoms with Crippen LogP contribution in [0.5, 0.6) is 17.2 Å². The second-order valence-corrected chi connectivity index (χ2v) is 7.85. The van der Waals surface area contributed by atoms with E-state index in [1.54, 1.807) is 7.11 Å². The fourth-order valence-electron chi connectivity index (χ4n) is 3.46. The van der Waals surface area contributed by atoms with Gasteiger partial charge in [-0.15, -0.1) is 0 Å². The summed E-state index contributed by atoms with van der Waals surface area (Å²) in [6.45, 7) is 6.65. The van der Waals surface area contributed by atoms with Gasteiger partial charge in [-0.3, -0.25) is 4.79 Å². The number of aryl methyl sites for hydroxylation is 1. The molecule has 3 rings (SSSR count). The molecule has 2 aromatic carbocycles. The number of amides is 1. The number of methoxy groups -OCH3 is 1. The van der Waals surface area contributed by atoms with Gasteiger partial charge in [0.1, 0.15) is 22.8 Å². The van der Waals surface area contributed by atoms with Crippen molar-refractivity contribution in [2.75, 3.05) is 13.7 Å². The van der Waals surface area contributed by atoms with E-state index >= 15 is 0 Å². The van der Waals surface area contributed by atoms with Crippen molar-refractivity contribution >= 4 is 5.91 Å². The van der Waals surface area contributed by atoms with Gasteiger partial charge in [0.2, 0.25) is 5.91 Å². The Morgan fingerprint density at radius 3 is 2.61 bits per heavy atom. The average molecular weight is 383 g/mol. The molecule has 5 heteroatoms. The highest BCUT2D eigenvalue weighted by Crippen LogP contribution is 2.39. The molecule has 1 atom stereocenters. The molecule has 1 heterocycles. The van der Waals surface area contributed by atoms with Crippen LogP contribution in [0.4, 0.5) is 0 Å². The van der Waals surface area contributed by atoms with Crippen LogP contribution in [0.25, 0.3) is 0 Å². The maximum absolute atomic E-state index is 12.5. The van der Waals surface area contributed by atoms with E-state index in [1.165, 1.54) is 0 Å². The molecule has 0 saturated carbocycles. The van der Waals surface area contributed by atoms with Crippen molar-refractivity contribution < 1.29 is 19.0 Å². The van der Waals surface area contributed by atoms with Gasteiger partial charge in [-0.05, 0) is 57.5 Å². The minimum absolute atomic E-state index is 0.0337. The van der Waals surface area contributed by atoms with Crippen molar-refractivity contribution in [3.63, 3.8) is 0 Å². The Morgan fingerprint density at radius 2 is 1.89 bits per heavy atom. The van der Waals surface area contributed by atoms with Crippen molar-refractivity contribution in [2.24, 2.45) is 0 Å². The Hall–Kier alpha value is -2.69. The summed E-state index contributed by atoms with van der Waals surface area (Å²) in [5.41, 5.74) is 1.91. The minimum Gasteiger partial charge on any atom is -0.497 e. The van der Waals surface area contributed by atoms with Gasteiger partial charge in [0, 0.05) is 18.4 Å². The van der Waals surface area contributed by atoms with E-state index in [4.69, 9.17) is 14.2 Å². The van der Waals surface area contributed by atoms with Gasteiger partial charge in [-0.25, -0.2) is 0 Å². The summed E-state index contributed by atoms with van der Waals surface area (Å²) in [6.07, 6.45) is 1.83.